The third kappa shape index (κ3) is 3.33. The minimum atomic E-state index is 0.273. The summed E-state index contributed by atoms with van der Waals surface area (Å²) in [5.74, 6) is 1.72. The molecule has 1 saturated heterocycles. The molecule has 1 aromatic carbocycles. The Morgan fingerprint density at radius 2 is 2.08 bits per heavy atom. The fraction of sp³-hybridized carbons (Fsp3) is 0.350. The van der Waals surface area contributed by atoms with E-state index >= 15 is 0 Å². The van der Waals surface area contributed by atoms with E-state index in [4.69, 9.17) is 14.7 Å². The summed E-state index contributed by atoms with van der Waals surface area (Å²) in [4.78, 5) is 16.2. The van der Waals surface area contributed by atoms with Crippen molar-refractivity contribution in [3.05, 3.63) is 48.8 Å². The molecule has 1 unspecified atom stereocenters. The van der Waals surface area contributed by atoms with Crippen LogP contribution in [0.4, 0.5) is 5.82 Å². The summed E-state index contributed by atoms with van der Waals surface area (Å²) < 4.78 is 5.87. The maximum Gasteiger partial charge on any atom is 0.163 e. The maximum absolute atomic E-state index is 5.87. The number of hydrogen-bond acceptors (Lipinski definition) is 5. The first kappa shape index (κ1) is 16.0. The van der Waals surface area contributed by atoms with Gasteiger partial charge in [-0.1, -0.05) is 12.1 Å². The summed E-state index contributed by atoms with van der Waals surface area (Å²) >= 11 is 0. The lowest BCUT2D eigenvalue weighted by molar-refractivity contribution is 0.0526. The number of rotatable bonds is 4. The number of para-hydroxylation sites is 1. The molecule has 25 heavy (non-hydrogen) atoms. The quantitative estimate of drug-likeness (QED) is 0.728. The van der Waals surface area contributed by atoms with Gasteiger partial charge in [0, 0.05) is 43.0 Å². The highest BCUT2D eigenvalue weighted by molar-refractivity contribution is 5.91. The smallest absolute Gasteiger partial charge is 0.163 e. The molecule has 4 rings (SSSR count). The van der Waals surface area contributed by atoms with Crippen molar-refractivity contribution in [2.75, 3.05) is 24.6 Å². The van der Waals surface area contributed by atoms with Gasteiger partial charge in [-0.05, 0) is 44.0 Å². The topological polar surface area (TPSA) is 51.1 Å². The van der Waals surface area contributed by atoms with Crippen LogP contribution in [0, 0.1) is 0 Å². The number of benzene rings is 1. The normalized spacial score (nSPS) is 17.8. The molecule has 0 saturated carbocycles. The second kappa shape index (κ2) is 7.15. The van der Waals surface area contributed by atoms with Crippen LogP contribution in [0.3, 0.4) is 0 Å². The molecule has 5 nitrogen and oxygen atoms in total. The molecule has 0 N–H and O–H groups in total. The molecule has 3 heterocycles. The molecule has 0 radical (unpaired) electrons. The molecular formula is C20H22N4O. The van der Waals surface area contributed by atoms with Gasteiger partial charge in [-0.3, -0.25) is 4.98 Å². The zero-order valence-corrected chi connectivity index (χ0v) is 14.4. The van der Waals surface area contributed by atoms with E-state index in [-0.39, 0.29) is 6.10 Å². The molecule has 1 aliphatic heterocycles. The molecule has 0 amide bonds. The van der Waals surface area contributed by atoms with Crippen molar-refractivity contribution >= 4 is 16.7 Å². The summed E-state index contributed by atoms with van der Waals surface area (Å²) in [5.41, 5.74) is 1.90. The van der Waals surface area contributed by atoms with Crippen LogP contribution in [-0.2, 0) is 4.74 Å². The van der Waals surface area contributed by atoms with E-state index in [1.54, 1.807) is 6.20 Å². The monoisotopic (exact) mass is 334 g/mol. The van der Waals surface area contributed by atoms with Gasteiger partial charge in [-0.25, -0.2) is 9.97 Å². The molecule has 1 atom stereocenters. The molecule has 1 fully saturated rings. The lowest BCUT2D eigenvalue weighted by Gasteiger charge is -2.34. The highest BCUT2D eigenvalue weighted by Crippen LogP contribution is 2.29. The van der Waals surface area contributed by atoms with Crippen LogP contribution < -0.4 is 4.90 Å². The minimum Gasteiger partial charge on any atom is -0.377 e. The summed E-state index contributed by atoms with van der Waals surface area (Å²) in [6.07, 6.45) is 6.08. The molecule has 1 aliphatic rings. The van der Waals surface area contributed by atoms with E-state index in [0.29, 0.717) is 0 Å². The van der Waals surface area contributed by atoms with E-state index in [1.165, 1.54) is 0 Å². The standard InChI is InChI=1S/C20H22N4O/c1-2-25-16-8-6-12-24(14-16)20-17-9-3-4-10-18(17)22-19(23-20)15-7-5-11-21-13-15/h3-5,7,9-11,13,16H,2,6,8,12,14H2,1H3. The number of pyridine rings is 1. The Balaban J connectivity index is 1.79. The molecule has 0 bridgehead atoms. The third-order valence-electron chi connectivity index (χ3n) is 4.58. The van der Waals surface area contributed by atoms with Crippen molar-refractivity contribution in [3.63, 3.8) is 0 Å². The molecule has 0 aliphatic carbocycles. The lowest BCUT2D eigenvalue weighted by Crippen LogP contribution is -2.40. The number of nitrogens with zero attached hydrogens (tertiary/aromatic N) is 4. The van der Waals surface area contributed by atoms with Gasteiger partial charge in [0.05, 0.1) is 11.6 Å². The molecule has 3 aromatic rings. The number of anilines is 1. The Labute approximate surface area is 147 Å². The second-order valence-corrected chi connectivity index (χ2v) is 6.30. The van der Waals surface area contributed by atoms with E-state index in [2.05, 4.69) is 22.9 Å². The third-order valence-corrected chi connectivity index (χ3v) is 4.58. The average Bonchev–Trinajstić information content (AvgIpc) is 2.68. The van der Waals surface area contributed by atoms with Crippen molar-refractivity contribution in [3.8, 4) is 11.4 Å². The molecule has 128 valence electrons. The average molecular weight is 334 g/mol. The van der Waals surface area contributed by atoms with Gasteiger partial charge in [0.15, 0.2) is 5.82 Å². The summed E-state index contributed by atoms with van der Waals surface area (Å²) in [5, 5.41) is 1.09. The lowest BCUT2D eigenvalue weighted by atomic mass is 10.1. The van der Waals surface area contributed by atoms with Crippen LogP contribution in [-0.4, -0.2) is 40.8 Å². The van der Waals surface area contributed by atoms with Gasteiger partial charge in [0.25, 0.3) is 0 Å². The predicted molar refractivity (Wildman–Crippen MR) is 99.6 cm³/mol. The van der Waals surface area contributed by atoms with Crippen molar-refractivity contribution in [1.82, 2.24) is 15.0 Å². The highest BCUT2D eigenvalue weighted by atomic mass is 16.5. The summed E-state index contributed by atoms with van der Waals surface area (Å²) in [6.45, 7) is 4.68. The Bertz CT molecular complexity index is 851. The largest absolute Gasteiger partial charge is 0.377 e. The SMILES string of the molecule is CCOC1CCCN(c2nc(-c3cccnc3)nc3ccccc23)C1. The number of piperidine rings is 1. The van der Waals surface area contributed by atoms with Gasteiger partial charge in [0.2, 0.25) is 0 Å². The Morgan fingerprint density at radius 3 is 2.92 bits per heavy atom. The second-order valence-electron chi connectivity index (χ2n) is 6.30. The zero-order valence-electron chi connectivity index (χ0n) is 14.4. The Kier molecular flexibility index (Phi) is 4.57. The van der Waals surface area contributed by atoms with Crippen LogP contribution in [0.1, 0.15) is 19.8 Å². The first-order valence-corrected chi connectivity index (χ1v) is 8.89. The molecule has 5 heteroatoms. The van der Waals surface area contributed by atoms with Gasteiger partial charge in [0.1, 0.15) is 5.82 Å². The molecule has 2 aromatic heterocycles. The van der Waals surface area contributed by atoms with Gasteiger partial charge in [-0.15, -0.1) is 0 Å². The first-order chi connectivity index (χ1) is 12.3. The summed E-state index contributed by atoms with van der Waals surface area (Å²) in [7, 11) is 0. The van der Waals surface area contributed by atoms with Crippen LogP contribution in [0.2, 0.25) is 0 Å². The van der Waals surface area contributed by atoms with Crippen molar-refractivity contribution in [2.24, 2.45) is 0 Å². The fourth-order valence-electron chi connectivity index (χ4n) is 3.43. The molecular weight excluding hydrogens is 312 g/mol. The van der Waals surface area contributed by atoms with E-state index in [0.717, 1.165) is 60.6 Å². The van der Waals surface area contributed by atoms with E-state index < -0.39 is 0 Å². The zero-order chi connectivity index (χ0) is 17.1. The number of aromatic nitrogens is 3. The Hall–Kier alpha value is -2.53. The number of ether oxygens (including phenoxy) is 1. The van der Waals surface area contributed by atoms with E-state index in [9.17, 15) is 0 Å². The first-order valence-electron chi connectivity index (χ1n) is 8.89. The van der Waals surface area contributed by atoms with Crippen molar-refractivity contribution in [1.29, 1.82) is 0 Å². The van der Waals surface area contributed by atoms with Crippen LogP contribution in [0.5, 0.6) is 0 Å². The number of hydrogen-bond donors (Lipinski definition) is 0. The van der Waals surface area contributed by atoms with Crippen LogP contribution >= 0.6 is 0 Å². The predicted octanol–water partition coefficient (Wildman–Crippen LogP) is 3.70. The summed E-state index contributed by atoms with van der Waals surface area (Å²) in [6, 6.07) is 12.1. The minimum absolute atomic E-state index is 0.273. The fourth-order valence-corrected chi connectivity index (χ4v) is 3.43. The molecule has 0 spiro atoms. The van der Waals surface area contributed by atoms with Crippen LogP contribution in [0.25, 0.3) is 22.3 Å². The van der Waals surface area contributed by atoms with E-state index in [1.807, 2.05) is 36.5 Å². The van der Waals surface area contributed by atoms with Gasteiger partial charge >= 0.3 is 0 Å². The van der Waals surface area contributed by atoms with Gasteiger partial charge < -0.3 is 9.64 Å². The van der Waals surface area contributed by atoms with Crippen molar-refractivity contribution < 1.29 is 4.74 Å². The number of fused-ring (bicyclic) bond motifs is 1. The van der Waals surface area contributed by atoms with Crippen molar-refractivity contribution in [2.45, 2.75) is 25.9 Å². The van der Waals surface area contributed by atoms with Gasteiger partial charge in [-0.2, -0.15) is 0 Å². The highest BCUT2D eigenvalue weighted by Gasteiger charge is 2.23. The maximum atomic E-state index is 5.87. The Morgan fingerprint density at radius 1 is 1.16 bits per heavy atom. The van der Waals surface area contributed by atoms with Crippen LogP contribution in [0.15, 0.2) is 48.8 Å².